The third-order valence-electron chi connectivity index (χ3n) is 2.29. The number of alkyl halides is 1. The molecule has 0 unspecified atom stereocenters. The van der Waals surface area contributed by atoms with Crippen LogP contribution < -0.4 is 0 Å². The smallest absolute Gasteiger partial charge is 0.0558 e. The molecule has 0 amide bonds. The number of hydrogen-bond donors (Lipinski definition) is 1. The highest BCUT2D eigenvalue weighted by Crippen LogP contribution is 2.14. The summed E-state index contributed by atoms with van der Waals surface area (Å²) in [5.41, 5.74) is 0. The van der Waals surface area contributed by atoms with Crippen LogP contribution in [-0.4, -0.2) is 41.2 Å². The number of halogens is 1. The third kappa shape index (κ3) is 5.32. The summed E-state index contributed by atoms with van der Waals surface area (Å²) in [6, 6.07) is 0. The molecule has 1 N–H and O–H groups in total. The van der Waals surface area contributed by atoms with Crippen LogP contribution in [-0.2, 0) is 0 Å². The maximum Gasteiger partial charge on any atom is 0.0558 e. The highest BCUT2D eigenvalue weighted by Gasteiger charge is 2.13. The molecule has 0 aromatic carbocycles. The van der Waals surface area contributed by atoms with Crippen molar-refractivity contribution in [3.8, 4) is 0 Å². The van der Waals surface area contributed by atoms with Crippen LogP contribution in [0.2, 0.25) is 0 Å². The van der Waals surface area contributed by atoms with E-state index in [1.807, 2.05) is 4.93 Å². The minimum Gasteiger partial charge on any atom is -0.395 e. The Kier molecular flexibility index (Phi) is 8.70. The summed E-state index contributed by atoms with van der Waals surface area (Å²) < 4.78 is 0. The molecule has 1 aliphatic heterocycles. The van der Waals surface area contributed by atoms with E-state index in [1.165, 1.54) is 25.9 Å². The molecule has 74 valence electrons. The van der Waals surface area contributed by atoms with Crippen molar-refractivity contribution in [2.24, 2.45) is 5.92 Å². The zero-order chi connectivity index (χ0) is 9.40. The van der Waals surface area contributed by atoms with E-state index >= 15 is 0 Å². The van der Waals surface area contributed by atoms with Crippen molar-refractivity contribution in [3.63, 3.8) is 0 Å². The van der Waals surface area contributed by atoms with Gasteiger partial charge in [-0.1, -0.05) is 29.5 Å². The van der Waals surface area contributed by atoms with E-state index in [0.717, 1.165) is 12.5 Å². The second-order valence-corrected chi connectivity index (χ2v) is 3.25. The average molecular weight is 285 g/mol. The lowest BCUT2D eigenvalue weighted by Gasteiger charge is -2.29. The van der Waals surface area contributed by atoms with Gasteiger partial charge in [0, 0.05) is 6.54 Å². The number of likely N-dealkylation sites (tertiary alicyclic amines) is 1. The van der Waals surface area contributed by atoms with E-state index in [1.54, 1.807) is 0 Å². The molecule has 2 nitrogen and oxygen atoms in total. The van der Waals surface area contributed by atoms with Crippen molar-refractivity contribution in [1.29, 1.82) is 0 Å². The topological polar surface area (TPSA) is 23.5 Å². The monoisotopic (exact) mass is 285 g/mol. The van der Waals surface area contributed by atoms with E-state index in [0.29, 0.717) is 6.61 Å². The number of aliphatic hydroxyl groups excluding tert-OH is 1. The van der Waals surface area contributed by atoms with E-state index < -0.39 is 0 Å². The summed E-state index contributed by atoms with van der Waals surface area (Å²) in [4.78, 5) is 4.30. The first-order chi connectivity index (χ1) is 5.83. The molecule has 3 heteroatoms. The van der Waals surface area contributed by atoms with Gasteiger partial charge in [-0.05, 0) is 36.8 Å². The first-order valence-electron chi connectivity index (χ1n) is 4.54. The molecule has 1 rings (SSSR count). The van der Waals surface area contributed by atoms with Crippen LogP contribution >= 0.6 is 22.6 Å². The molecule has 12 heavy (non-hydrogen) atoms. The lowest BCUT2D eigenvalue weighted by molar-refractivity contribution is 0.152. The standard InChI is InChI=1S/C8H17NO.CH3I/c1-8-2-4-9(5-3-8)6-7-10;1-2/h8,10H,2-7H2,1H3;1H3. The van der Waals surface area contributed by atoms with Gasteiger partial charge in [0.25, 0.3) is 0 Å². The van der Waals surface area contributed by atoms with Gasteiger partial charge in [0.05, 0.1) is 6.61 Å². The van der Waals surface area contributed by atoms with Gasteiger partial charge in [0.1, 0.15) is 0 Å². The lowest BCUT2D eigenvalue weighted by atomic mass is 9.99. The van der Waals surface area contributed by atoms with Crippen molar-refractivity contribution in [1.82, 2.24) is 4.90 Å². The maximum absolute atomic E-state index is 8.64. The number of piperidine rings is 1. The van der Waals surface area contributed by atoms with Gasteiger partial charge in [-0.2, -0.15) is 0 Å². The van der Waals surface area contributed by atoms with Gasteiger partial charge in [0.2, 0.25) is 0 Å². The molecule has 0 bridgehead atoms. The lowest BCUT2D eigenvalue weighted by Crippen LogP contribution is -2.34. The van der Waals surface area contributed by atoms with Crippen molar-refractivity contribution in [3.05, 3.63) is 0 Å². The fraction of sp³-hybridized carbons (Fsp3) is 1.00. The minimum absolute atomic E-state index is 0.314. The van der Waals surface area contributed by atoms with E-state index in [-0.39, 0.29) is 0 Å². The fourth-order valence-electron chi connectivity index (χ4n) is 1.43. The first-order valence-corrected chi connectivity index (χ1v) is 6.69. The molecular weight excluding hydrogens is 265 g/mol. The molecule has 1 heterocycles. The maximum atomic E-state index is 8.64. The average Bonchev–Trinajstić information content (AvgIpc) is 2.13. The molecule has 0 radical (unpaired) electrons. The quantitative estimate of drug-likeness (QED) is 0.617. The Bertz CT molecular complexity index is 92.5. The fourth-order valence-corrected chi connectivity index (χ4v) is 1.43. The van der Waals surface area contributed by atoms with E-state index in [9.17, 15) is 0 Å². The SMILES string of the molecule is CC1CCN(CCO)CC1.CI. The molecule has 0 aliphatic carbocycles. The first kappa shape index (κ1) is 12.7. The van der Waals surface area contributed by atoms with Crippen LogP contribution in [0.25, 0.3) is 0 Å². The van der Waals surface area contributed by atoms with Gasteiger partial charge < -0.3 is 10.0 Å². The Morgan fingerprint density at radius 2 is 1.83 bits per heavy atom. The normalized spacial score (nSPS) is 20.0. The number of nitrogens with zero attached hydrogens (tertiary/aromatic N) is 1. The molecular formula is C9H20INO. The summed E-state index contributed by atoms with van der Waals surface area (Å²) in [5.74, 6) is 0.898. The van der Waals surface area contributed by atoms with E-state index in [4.69, 9.17) is 5.11 Å². The van der Waals surface area contributed by atoms with Gasteiger partial charge in [-0.15, -0.1) is 0 Å². The van der Waals surface area contributed by atoms with Crippen LogP contribution in [0.5, 0.6) is 0 Å². The highest BCUT2D eigenvalue weighted by atomic mass is 127. The van der Waals surface area contributed by atoms with E-state index in [2.05, 4.69) is 34.4 Å². The summed E-state index contributed by atoms with van der Waals surface area (Å²) >= 11 is 2.15. The Balaban J connectivity index is 0.000000561. The largest absolute Gasteiger partial charge is 0.395 e. The van der Waals surface area contributed by atoms with Crippen LogP contribution in [0.4, 0.5) is 0 Å². The molecule has 0 atom stereocenters. The zero-order valence-corrected chi connectivity index (χ0v) is 10.2. The molecule has 1 fully saturated rings. The molecule has 0 saturated carbocycles. The Labute approximate surface area is 89.5 Å². The summed E-state index contributed by atoms with van der Waals surface area (Å²) in [7, 11) is 0. The van der Waals surface area contributed by atoms with Gasteiger partial charge in [-0.25, -0.2) is 0 Å². The summed E-state index contributed by atoms with van der Waals surface area (Å²) in [6.07, 6.45) is 2.61. The van der Waals surface area contributed by atoms with Gasteiger partial charge in [0.15, 0.2) is 0 Å². The number of β-amino-alcohol motifs (C(OH)–C–C–N with tert-alkyl or cyclic N) is 1. The van der Waals surface area contributed by atoms with Gasteiger partial charge >= 0.3 is 0 Å². The number of rotatable bonds is 2. The van der Waals surface area contributed by atoms with Crippen molar-refractivity contribution >= 4 is 22.6 Å². The third-order valence-corrected chi connectivity index (χ3v) is 2.29. The zero-order valence-electron chi connectivity index (χ0n) is 8.09. The molecule has 0 aromatic rings. The van der Waals surface area contributed by atoms with Crippen LogP contribution in [0.15, 0.2) is 0 Å². The molecule has 0 aromatic heterocycles. The van der Waals surface area contributed by atoms with Crippen LogP contribution in [0.1, 0.15) is 19.8 Å². The Hall–Kier alpha value is 0.650. The highest BCUT2D eigenvalue weighted by molar-refractivity contribution is 14.1. The summed E-state index contributed by atoms with van der Waals surface area (Å²) in [5, 5.41) is 8.64. The van der Waals surface area contributed by atoms with Crippen LogP contribution in [0.3, 0.4) is 0 Å². The van der Waals surface area contributed by atoms with Crippen LogP contribution in [0, 0.1) is 5.92 Å². The second-order valence-electron chi connectivity index (χ2n) is 3.25. The second kappa shape index (κ2) is 8.26. The Morgan fingerprint density at radius 3 is 2.25 bits per heavy atom. The van der Waals surface area contributed by atoms with Crippen molar-refractivity contribution in [2.45, 2.75) is 19.8 Å². The van der Waals surface area contributed by atoms with Crippen molar-refractivity contribution < 1.29 is 5.11 Å². The minimum atomic E-state index is 0.314. The van der Waals surface area contributed by atoms with Gasteiger partial charge in [-0.3, -0.25) is 0 Å². The molecule has 1 aliphatic rings. The molecule has 0 spiro atoms. The number of aliphatic hydroxyl groups is 1. The molecule has 1 saturated heterocycles. The predicted octanol–water partition coefficient (Wildman–Crippen LogP) is 1.76. The van der Waals surface area contributed by atoms with Crippen molar-refractivity contribution in [2.75, 3.05) is 31.2 Å². The summed E-state index contributed by atoms with van der Waals surface area (Å²) in [6.45, 7) is 5.85. The Morgan fingerprint density at radius 1 is 1.33 bits per heavy atom. The number of hydrogen-bond acceptors (Lipinski definition) is 2. The predicted molar refractivity (Wildman–Crippen MR) is 61.9 cm³/mol.